The molecule has 0 radical (unpaired) electrons. The fraction of sp³-hybridized carbons (Fsp3) is 0.500. The van der Waals surface area contributed by atoms with Crippen molar-refractivity contribution in [2.75, 3.05) is 7.11 Å². The van der Waals surface area contributed by atoms with Crippen LogP contribution in [0.25, 0.3) is 5.95 Å². The third kappa shape index (κ3) is 3.91. The second-order valence-corrected chi connectivity index (χ2v) is 5.83. The van der Waals surface area contributed by atoms with E-state index in [1.54, 1.807) is 33.8 Å². The number of hydrogen-bond donors (Lipinski definition) is 0. The summed E-state index contributed by atoms with van der Waals surface area (Å²) in [5.41, 5.74) is -1.36. The molecule has 2 rings (SSSR count). The molecule has 0 saturated carbocycles. The summed E-state index contributed by atoms with van der Waals surface area (Å²) in [7, 11) is 1.11. The third-order valence-electron chi connectivity index (χ3n) is 2.64. The Morgan fingerprint density at radius 2 is 1.70 bits per heavy atom. The van der Waals surface area contributed by atoms with Crippen LogP contribution in [0, 0.1) is 6.92 Å². The van der Waals surface area contributed by atoms with Crippen molar-refractivity contribution < 1.29 is 22.6 Å². The molecule has 2 heterocycles. The Balaban J connectivity index is 2.67. The molecule has 0 saturated heterocycles. The molecule has 126 valence electrons. The van der Waals surface area contributed by atoms with Gasteiger partial charge < -0.3 is 9.47 Å². The Morgan fingerprint density at radius 3 is 2.13 bits per heavy atom. The van der Waals surface area contributed by atoms with Gasteiger partial charge in [0.15, 0.2) is 5.56 Å². The standard InChI is InChI=1S/C14H17F3N4O2/c1-8-6-7-21(20-8)12-18-10(22-5)9(14(15,16)17)11(19-12)23-13(2,3)4/h6-7H,1-5H3. The quantitative estimate of drug-likeness (QED) is 0.865. The van der Waals surface area contributed by atoms with Gasteiger partial charge in [-0.1, -0.05) is 0 Å². The summed E-state index contributed by atoms with van der Waals surface area (Å²) < 4.78 is 51.5. The fourth-order valence-electron chi connectivity index (χ4n) is 1.79. The fourth-order valence-corrected chi connectivity index (χ4v) is 1.79. The number of nitrogens with zero attached hydrogens (tertiary/aromatic N) is 4. The topological polar surface area (TPSA) is 62.1 Å². The van der Waals surface area contributed by atoms with Crippen molar-refractivity contribution in [1.82, 2.24) is 19.7 Å². The van der Waals surface area contributed by atoms with Crippen molar-refractivity contribution in [3.05, 3.63) is 23.5 Å². The molecular formula is C14H17F3N4O2. The Morgan fingerprint density at radius 1 is 1.09 bits per heavy atom. The average Bonchev–Trinajstić information content (AvgIpc) is 2.81. The number of rotatable bonds is 3. The van der Waals surface area contributed by atoms with Crippen molar-refractivity contribution >= 4 is 0 Å². The number of hydrogen-bond acceptors (Lipinski definition) is 5. The maximum atomic E-state index is 13.3. The molecular weight excluding hydrogens is 313 g/mol. The van der Waals surface area contributed by atoms with Crippen LogP contribution in [0.1, 0.15) is 32.0 Å². The van der Waals surface area contributed by atoms with Crippen LogP contribution in [0.4, 0.5) is 13.2 Å². The van der Waals surface area contributed by atoms with Gasteiger partial charge in [0.25, 0.3) is 5.95 Å². The SMILES string of the molecule is COc1nc(-n2ccc(C)n2)nc(OC(C)(C)C)c1C(F)(F)F. The van der Waals surface area contributed by atoms with E-state index in [4.69, 9.17) is 9.47 Å². The number of aromatic nitrogens is 4. The number of alkyl halides is 3. The predicted molar refractivity (Wildman–Crippen MR) is 75.8 cm³/mol. The van der Waals surface area contributed by atoms with Gasteiger partial charge in [-0.2, -0.15) is 28.2 Å². The van der Waals surface area contributed by atoms with E-state index < -0.39 is 29.1 Å². The molecule has 2 aromatic rings. The summed E-state index contributed by atoms with van der Waals surface area (Å²) in [6.45, 7) is 6.61. The van der Waals surface area contributed by atoms with Gasteiger partial charge in [0.2, 0.25) is 11.8 Å². The Hall–Kier alpha value is -2.32. The van der Waals surface area contributed by atoms with Gasteiger partial charge in [-0.3, -0.25) is 0 Å². The summed E-state index contributed by atoms with van der Waals surface area (Å²) in [6.07, 6.45) is -3.18. The molecule has 0 spiro atoms. The van der Waals surface area contributed by atoms with E-state index in [1.807, 2.05) is 0 Å². The molecule has 0 unspecified atom stereocenters. The molecule has 9 heteroatoms. The highest BCUT2D eigenvalue weighted by Gasteiger charge is 2.42. The summed E-state index contributed by atoms with van der Waals surface area (Å²) in [5, 5.41) is 4.09. The molecule has 0 aliphatic carbocycles. The van der Waals surface area contributed by atoms with E-state index in [2.05, 4.69) is 15.1 Å². The lowest BCUT2D eigenvalue weighted by atomic mass is 10.2. The number of aryl methyl sites for hydroxylation is 1. The first-order valence-corrected chi connectivity index (χ1v) is 6.76. The minimum atomic E-state index is -4.72. The molecule has 0 aromatic carbocycles. The van der Waals surface area contributed by atoms with Crippen molar-refractivity contribution in [2.24, 2.45) is 0 Å². The summed E-state index contributed by atoms with van der Waals surface area (Å²) in [5.74, 6) is -1.28. The Bertz CT molecular complexity index is 705. The zero-order valence-corrected chi connectivity index (χ0v) is 13.4. The summed E-state index contributed by atoms with van der Waals surface area (Å²) >= 11 is 0. The smallest absolute Gasteiger partial charge is 0.426 e. The molecule has 0 atom stereocenters. The molecule has 6 nitrogen and oxygen atoms in total. The van der Waals surface area contributed by atoms with Gasteiger partial charge in [-0.15, -0.1) is 0 Å². The van der Waals surface area contributed by atoms with E-state index in [0.29, 0.717) is 5.69 Å². The van der Waals surface area contributed by atoms with E-state index in [-0.39, 0.29) is 5.95 Å². The third-order valence-corrected chi connectivity index (χ3v) is 2.64. The number of methoxy groups -OCH3 is 1. The lowest BCUT2D eigenvalue weighted by molar-refractivity contribution is -0.141. The van der Waals surface area contributed by atoms with Crippen LogP contribution in [0.15, 0.2) is 12.3 Å². The number of halogens is 3. The van der Waals surface area contributed by atoms with Crippen molar-refractivity contribution in [3.63, 3.8) is 0 Å². The van der Waals surface area contributed by atoms with Crippen LogP contribution >= 0.6 is 0 Å². The van der Waals surface area contributed by atoms with Crippen LogP contribution < -0.4 is 9.47 Å². The molecule has 23 heavy (non-hydrogen) atoms. The van der Waals surface area contributed by atoms with E-state index in [9.17, 15) is 13.2 Å². The maximum absolute atomic E-state index is 13.3. The van der Waals surface area contributed by atoms with E-state index in [0.717, 1.165) is 7.11 Å². The lowest BCUT2D eigenvalue weighted by Crippen LogP contribution is -2.26. The molecule has 0 aliphatic rings. The first-order valence-electron chi connectivity index (χ1n) is 6.76. The first-order chi connectivity index (χ1) is 10.5. The monoisotopic (exact) mass is 330 g/mol. The van der Waals surface area contributed by atoms with E-state index >= 15 is 0 Å². The van der Waals surface area contributed by atoms with Crippen molar-refractivity contribution in [1.29, 1.82) is 0 Å². The molecule has 2 aromatic heterocycles. The average molecular weight is 330 g/mol. The second-order valence-electron chi connectivity index (χ2n) is 5.83. The molecule has 0 amide bonds. The van der Waals surface area contributed by atoms with Crippen LogP contribution in [0.2, 0.25) is 0 Å². The van der Waals surface area contributed by atoms with E-state index in [1.165, 1.54) is 10.9 Å². The summed E-state index contributed by atoms with van der Waals surface area (Å²) in [4.78, 5) is 7.68. The Labute approximate surface area is 131 Å². The minimum Gasteiger partial charge on any atom is -0.480 e. The predicted octanol–water partition coefficient (Wildman–Crippen LogP) is 3.18. The summed E-state index contributed by atoms with van der Waals surface area (Å²) in [6, 6.07) is 1.68. The van der Waals surface area contributed by atoms with Gasteiger partial charge in [-0.05, 0) is 33.8 Å². The number of ether oxygens (including phenoxy) is 2. The first kappa shape index (κ1) is 17.0. The highest BCUT2D eigenvalue weighted by atomic mass is 19.4. The highest BCUT2D eigenvalue weighted by Crippen LogP contribution is 2.41. The van der Waals surface area contributed by atoms with Gasteiger partial charge in [-0.25, -0.2) is 4.68 Å². The van der Waals surface area contributed by atoms with Gasteiger partial charge in [0.05, 0.1) is 12.8 Å². The Kier molecular flexibility index (Phi) is 4.23. The molecule has 0 N–H and O–H groups in total. The van der Waals surface area contributed by atoms with Gasteiger partial charge in [0.1, 0.15) is 5.60 Å². The van der Waals surface area contributed by atoms with Crippen LogP contribution in [-0.2, 0) is 6.18 Å². The van der Waals surface area contributed by atoms with Gasteiger partial charge in [0, 0.05) is 6.20 Å². The normalized spacial score (nSPS) is 12.3. The lowest BCUT2D eigenvalue weighted by Gasteiger charge is -2.24. The second kappa shape index (κ2) is 5.71. The van der Waals surface area contributed by atoms with Crippen LogP contribution in [0.3, 0.4) is 0 Å². The zero-order valence-electron chi connectivity index (χ0n) is 13.4. The highest BCUT2D eigenvalue weighted by molar-refractivity contribution is 5.41. The maximum Gasteiger partial charge on any atom is 0.426 e. The van der Waals surface area contributed by atoms with Crippen molar-refractivity contribution in [2.45, 2.75) is 39.5 Å². The largest absolute Gasteiger partial charge is 0.480 e. The molecule has 0 bridgehead atoms. The molecule has 0 fully saturated rings. The zero-order chi connectivity index (χ0) is 17.4. The van der Waals surface area contributed by atoms with Crippen LogP contribution in [-0.4, -0.2) is 32.5 Å². The van der Waals surface area contributed by atoms with Crippen molar-refractivity contribution in [3.8, 4) is 17.7 Å². The van der Waals surface area contributed by atoms with Gasteiger partial charge >= 0.3 is 6.18 Å². The minimum absolute atomic E-state index is 0.0674. The molecule has 0 aliphatic heterocycles. The van der Waals surface area contributed by atoms with Crippen LogP contribution in [0.5, 0.6) is 11.8 Å².